The normalized spacial score (nSPS) is 17.4. The van der Waals surface area contributed by atoms with Gasteiger partial charge in [-0.3, -0.25) is 9.69 Å². The molecule has 0 N–H and O–H groups in total. The second-order valence-electron chi connectivity index (χ2n) is 6.29. The quantitative estimate of drug-likeness (QED) is 0.837. The van der Waals surface area contributed by atoms with E-state index in [9.17, 15) is 4.79 Å². The van der Waals surface area contributed by atoms with Crippen molar-refractivity contribution in [3.8, 4) is 11.5 Å². The number of rotatable bonds is 5. The Bertz CT molecular complexity index is 539. The van der Waals surface area contributed by atoms with E-state index < -0.39 is 0 Å². The molecule has 126 valence electrons. The van der Waals surface area contributed by atoms with Crippen LogP contribution in [0.4, 0.5) is 0 Å². The van der Waals surface area contributed by atoms with E-state index in [1.54, 1.807) is 0 Å². The lowest BCUT2D eigenvalue weighted by atomic mass is 10.2. The topological polar surface area (TPSA) is 42.0 Å². The van der Waals surface area contributed by atoms with Gasteiger partial charge in [0.15, 0.2) is 11.5 Å². The van der Waals surface area contributed by atoms with Crippen LogP contribution in [0.2, 0.25) is 0 Å². The lowest BCUT2D eigenvalue weighted by Gasteiger charge is -2.26. The summed E-state index contributed by atoms with van der Waals surface area (Å²) in [6.45, 7) is 6.33. The molecule has 5 heteroatoms. The molecule has 0 spiro atoms. The molecule has 0 radical (unpaired) electrons. The highest BCUT2D eigenvalue weighted by molar-refractivity contribution is 5.78. The fourth-order valence-electron chi connectivity index (χ4n) is 3.19. The van der Waals surface area contributed by atoms with Gasteiger partial charge in [-0.05, 0) is 37.1 Å². The average Bonchev–Trinajstić information content (AvgIpc) is 2.85. The summed E-state index contributed by atoms with van der Waals surface area (Å²) in [7, 11) is 0. The molecule has 1 amide bonds. The standard InChI is InChI=1S/C18H26N2O3/c1-2-19(13-18(21)20-9-5-3-4-6-10-20)12-15-7-8-16-17(11-15)23-14-22-16/h7-8,11H,2-6,9-10,12-14H2,1H3. The average molecular weight is 318 g/mol. The first-order valence-corrected chi connectivity index (χ1v) is 8.65. The van der Waals surface area contributed by atoms with E-state index in [0.717, 1.165) is 56.1 Å². The Morgan fingerprint density at radius 3 is 2.61 bits per heavy atom. The maximum Gasteiger partial charge on any atom is 0.236 e. The van der Waals surface area contributed by atoms with E-state index in [1.165, 1.54) is 12.8 Å². The number of fused-ring (bicyclic) bond motifs is 1. The summed E-state index contributed by atoms with van der Waals surface area (Å²) in [5, 5.41) is 0. The zero-order valence-electron chi connectivity index (χ0n) is 13.9. The van der Waals surface area contributed by atoms with Gasteiger partial charge in [0.05, 0.1) is 6.54 Å². The Hall–Kier alpha value is -1.75. The number of hydrogen-bond donors (Lipinski definition) is 0. The summed E-state index contributed by atoms with van der Waals surface area (Å²) >= 11 is 0. The molecular weight excluding hydrogens is 292 g/mol. The number of carbonyl (C=O) groups excluding carboxylic acids is 1. The molecule has 1 fully saturated rings. The lowest BCUT2D eigenvalue weighted by molar-refractivity contribution is -0.132. The van der Waals surface area contributed by atoms with E-state index >= 15 is 0 Å². The number of benzene rings is 1. The van der Waals surface area contributed by atoms with E-state index in [2.05, 4.69) is 11.8 Å². The van der Waals surface area contributed by atoms with Gasteiger partial charge >= 0.3 is 0 Å². The molecule has 2 heterocycles. The van der Waals surface area contributed by atoms with E-state index in [0.29, 0.717) is 13.3 Å². The summed E-state index contributed by atoms with van der Waals surface area (Å²) in [6, 6.07) is 6.01. The minimum absolute atomic E-state index is 0.259. The Morgan fingerprint density at radius 2 is 1.87 bits per heavy atom. The predicted octanol–water partition coefficient (Wildman–Crippen LogP) is 2.64. The maximum absolute atomic E-state index is 12.5. The third-order valence-corrected chi connectivity index (χ3v) is 4.61. The SMILES string of the molecule is CCN(CC(=O)N1CCCCCC1)Cc1ccc2c(c1)OCO2. The van der Waals surface area contributed by atoms with Crippen molar-refractivity contribution in [1.29, 1.82) is 0 Å². The van der Waals surface area contributed by atoms with Gasteiger partial charge in [0, 0.05) is 19.6 Å². The van der Waals surface area contributed by atoms with Gasteiger partial charge < -0.3 is 14.4 Å². The summed E-state index contributed by atoms with van der Waals surface area (Å²) in [6.07, 6.45) is 4.77. The minimum atomic E-state index is 0.259. The molecule has 1 aromatic rings. The third kappa shape index (κ3) is 4.16. The minimum Gasteiger partial charge on any atom is -0.454 e. The first-order chi connectivity index (χ1) is 11.3. The van der Waals surface area contributed by atoms with E-state index in [-0.39, 0.29) is 5.91 Å². The van der Waals surface area contributed by atoms with Crippen LogP contribution in [0.3, 0.4) is 0 Å². The van der Waals surface area contributed by atoms with Crippen LogP contribution < -0.4 is 9.47 Å². The van der Waals surface area contributed by atoms with Crippen LogP contribution in [-0.4, -0.2) is 48.7 Å². The number of likely N-dealkylation sites (tertiary alicyclic amines) is 1. The Kier molecular flexibility index (Phi) is 5.39. The first-order valence-electron chi connectivity index (χ1n) is 8.65. The molecule has 2 aliphatic heterocycles. The van der Waals surface area contributed by atoms with Gasteiger partial charge in [-0.1, -0.05) is 25.8 Å². The largest absolute Gasteiger partial charge is 0.454 e. The number of nitrogens with zero attached hydrogens (tertiary/aromatic N) is 2. The monoisotopic (exact) mass is 318 g/mol. The first kappa shape index (κ1) is 16.1. The molecular formula is C18H26N2O3. The molecule has 1 aromatic carbocycles. The summed E-state index contributed by atoms with van der Waals surface area (Å²) < 4.78 is 10.8. The van der Waals surface area contributed by atoms with Crippen LogP contribution >= 0.6 is 0 Å². The van der Waals surface area contributed by atoms with Gasteiger partial charge in [0.1, 0.15) is 0 Å². The fourth-order valence-corrected chi connectivity index (χ4v) is 3.19. The highest BCUT2D eigenvalue weighted by atomic mass is 16.7. The van der Waals surface area contributed by atoms with Crippen LogP contribution in [0.5, 0.6) is 11.5 Å². The summed E-state index contributed by atoms with van der Waals surface area (Å²) in [5.74, 6) is 1.87. The number of ether oxygens (including phenoxy) is 2. The van der Waals surface area contributed by atoms with Crippen molar-refractivity contribution in [2.75, 3.05) is 33.0 Å². The molecule has 3 rings (SSSR count). The van der Waals surface area contributed by atoms with Crippen molar-refractivity contribution >= 4 is 5.91 Å². The molecule has 0 bridgehead atoms. The lowest BCUT2D eigenvalue weighted by Crippen LogP contribution is -2.40. The van der Waals surface area contributed by atoms with Crippen LogP contribution in [0, 0.1) is 0 Å². The summed E-state index contributed by atoms with van der Waals surface area (Å²) in [5.41, 5.74) is 1.15. The van der Waals surface area contributed by atoms with Gasteiger partial charge in [-0.15, -0.1) is 0 Å². The van der Waals surface area contributed by atoms with Crippen LogP contribution in [0.1, 0.15) is 38.2 Å². The smallest absolute Gasteiger partial charge is 0.236 e. The number of likely N-dealkylation sites (N-methyl/N-ethyl adjacent to an activating group) is 1. The van der Waals surface area contributed by atoms with Crippen molar-refractivity contribution in [2.45, 2.75) is 39.2 Å². The van der Waals surface area contributed by atoms with Gasteiger partial charge in [-0.25, -0.2) is 0 Å². The molecule has 0 unspecified atom stereocenters. The van der Waals surface area contributed by atoms with Crippen LogP contribution in [-0.2, 0) is 11.3 Å². The molecule has 5 nitrogen and oxygen atoms in total. The number of amides is 1. The fraction of sp³-hybridized carbons (Fsp3) is 0.611. The third-order valence-electron chi connectivity index (χ3n) is 4.61. The number of hydrogen-bond acceptors (Lipinski definition) is 4. The molecule has 23 heavy (non-hydrogen) atoms. The van der Waals surface area contributed by atoms with E-state index in [1.807, 2.05) is 23.1 Å². The molecule has 2 aliphatic rings. The molecule has 0 aromatic heterocycles. The van der Waals surface area contributed by atoms with Gasteiger partial charge in [0.25, 0.3) is 0 Å². The maximum atomic E-state index is 12.5. The Labute approximate surface area is 138 Å². The van der Waals surface area contributed by atoms with Crippen LogP contribution in [0.25, 0.3) is 0 Å². The second kappa shape index (κ2) is 7.68. The van der Waals surface area contributed by atoms with Crippen molar-refractivity contribution in [3.63, 3.8) is 0 Å². The molecule has 1 saturated heterocycles. The van der Waals surface area contributed by atoms with Crippen LogP contribution in [0.15, 0.2) is 18.2 Å². The summed E-state index contributed by atoms with van der Waals surface area (Å²) in [4.78, 5) is 16.8. The Balaban J connectivity index is 1.57. The van der Waals surface area contributed by atoms with Crippen molar-refractivity contribution in [1.82, 2.24) is 9.80 Å². The predicted molar refractivity (Wildman–Crippen MR) is 88.6 cm³/mol. The van der Waals surface area contributed by atoms with Crippen molar-refractivity contribution < 1.29 is 14.3 Å². The van der Waals surface area contributed by atoms with Gasteiger partial charge in [-0.2, -0.15) is 0 Å². The molecule has 0 atom stereocenters. The van der Waals surface area contributed by atoms with Crippen molar-refractivity contribution in [2.24, 2.45) is 0 Å². The molecule has 0 aliphatic carbocycles. The number of carbonyl (C=O) groups is 1. The Morgan fingerprint density at radius 1 is 1.13 bits per heavy atom. The van der Waals surface area contributed by atoms with E-state index in [4.69, 9.17) is 9.47 Å². The molecule has 0 saturated carbocycles. The van der Waals surface area contributed by atoms with Gasteiger partial charge in [0.2, 0.25) is 12.7 Å². The van der Waals surface area contributed by atoms with Crippen molar-refractivity contribution in [3.05, 3.63) is 23.8 Å². The zero-order chi connectivity index (χ0) is 16.1. The highest BCUT2D eigenvalue weighted by Crippen LogP contribution is 2.32. The zero-order valence-corrected chi connectivity index (χ0v) is 13.9. The highest BCUT2D eigenvalue weighted by Gasteiger charge is 2.19. The second-order valence-corrected chi connectivity index (χ2v) is 6.29.